The van der Waals surface area contributed by atoms with E-state index in [2.05, 4.69) is 118 Å². The van der Waals surface area contributed by atoms with Crippen LogP contribution in [0.15, 0.2) is 226 Å². The summed E-state index contributed by atoms with van der Waals surface area (Å²) in [6.45, 7) is 24.6. The first-order valence-electron chi connectivity index (χ1n) is 30.5. The molecule has 10 rings (SSSR count). The van der Waals surface area contributed by atoms with Crippen LogP contribution >= 0.6 is 15.9 Å². The molecule has 0 saturated heterocycles. The zero-order chi connectivity index (χ0) is 64.9. The first-order chi connectivity index (χ1) is 42.5. The molecule has 464 valence electrons. The number of nitrogens with one attached hydrogen (secondary N) is 1. The fraction of sp³-hybridized carbons (Fsp3) is 0.289. The topological polar surface area (TPSA) is 145 Å². The van der Waals surface area contributed by atoms with Gasteiger partial charge in [-0.3, -0.25) is 28.3 Å². The van der Waals surface area contributed by atoms with Crippen LogP contribution in [0, 0.1) is 49.3 Å². The molecule has 3 N–H and O–H groups in total. The Hall–Kier alpha value is -8.65. The number of amides is 1. The maximum absolute atomic E-state index is 13.7. The van der Waals surface area contributed by atoms with Crippen molar-refractivity contribution in [3.8, 4) is 0 Å². The average Bonchev–Trinajstić information content (AvgIpc) is 1.78. The fourth-order valence-electron chi connectivity index (χ4n) is 10.6. The van der Waals surface area contributed by atoms with Crippen molar-refractivity contribution in [1.29, 1.82) is 0 Å². The third-order valence-electron chi connectivity index (χ3n) is 15.4. The van der Waals surface area contributed by atoms with Gasteiger partial charge < -0.3 is 16.0 Å². The molecule has 10 aromatic rings. The van der Waals surface area contributed by atoms with Crippen molar-refractivity contribution in [3.63, 3.8) is 0 Å². The van der Waals surface area contributed by atoms with Gasteiger partial charge >= 0.3 is 0 Å². The molecule has 13 heteroatoms. The molecule has 2 heterocycles. The van der Waals surface area contributed by atoms with Gasteiger partial charge in [-0.1, -0.05) is 237 Å². The Kier molecular flexibility index (Phi) is 26.2. The van der Waals surface area contributed by atoms with Crippen molar-refractivity contribution in [2.45, 2.75) is 107 Å². The number of fused-ring (bicyclic) bond motifs is 2. The normalized spacial score (nSPS) is 12.3. The number of nitrogens with two attached hydrogens (primary N) is 1. The molecule has 0 fully saturated rings. The minimum Gasteiger partial charge on any atom is -0.352 e. The number of benzene rings is 8. The van der Waals surface area contributed by atoms with Gasteiger partial charge in [0.05, 0.1) is 39.9 Å². The van der Waals surface area contributed by atoms with Crippen LogP contribution < -0.4 is 27.1 Å². The van der Waals surface area contributed by atoms with Crippen LogP contribution in [0.2, 0.25) is 0 Å². The van der Waals surface area contributed by atoms with E-state index in [-0.39, 0.29) is 64.6 Å². The second kappa shape index (κ2) is 33.6. The van der Waals surface area contributed by atoms with Crippen LogP contribution in [-0.2, 0) is 4.79 Å². The maximum Gasteiger partial charge on any atom is 0.262 e. The Morgan fingerprint density at radius 1 is 0.517 bits per heavy atom. The van der Waals surface area contributed by atoms with Crippen molar-refractivity contribution < 1.29 is 14.0 Å². The summed E-state index contributed by atoms with van der Waals surface area (Å²) in [5.41, 5.74) is 14.4. The Balaban J connectivity index is 0.000000190. The van der Waals surface area contributed by atoms with Gasteiger partial charge in [0.2, 0.25) is 6.41 Å². The predicted octanol–water partition coefficient (Wildman–Crippen LogP) is 17.6. The highest BCUT2D eigenvalue weighted by Gasteiger charge is 2.25. The van der Waals surface area contributed by atoms with Crippen molar-refractivity contribution in [3.05, 3.63) is 283 Å². The van der Waals surface area contributed by atoms with E-state index >= 15 is 0 Å². The molecule has 0 bridgehead atoms. The smallest absolute Gasteiger partial charge is 0.262 e. The molecule has 2 aromatic heterocycles. The summed E-state index contributed by atoms with van der Waals surface area (Å²) in [7, 11) is 1.90. The number of Topliss-reactive ketones (excluding diaryl/α,β-unsaturated/α-hetero) is 1. The van der Waals surface area contributed by atoms with E-state index in [9.17, 15) is 23.6 Å². The van der Waals surface area contributed by atoms with E-state index in [4.69, 9.17) is 10.7 Å². The van der Waals surface area contributed by atoms with E-state index in [1.54, 1.807) is 12.1 Å². The summed E-state index contributed by atoms with van der Waals surface area (Å²) >= 11 is 3.44. The molecule has 0 spiro atoms. The Morgan fingerprint density at radius 3 is 1.31 bits per heavy atom. The Bertz CT molecular complexity index is 3940. The van der Waals surface area contributed by atoms with Gasteiger partial charge in [0.1, 0.15) is 17.5 Å². The van der Waals surface area contributed by atoms with Crippen molar-refractivity contribution in [1.82, 2.24) is 24.4 Å². The molecular weight excluding hydrogens is 1170 g/mol. The van der Waals surface area contributed by atoms with Crippen molar-refractivity contribution in [2.24, 2.45) is 35.3 Å². The van der Waals surface area contributed by atoms with E-state index in [1.165, 1.54) is 17.7 Å². The molecule has 4 atom stereocenters. The van der Waals surface area contributed by atoms with Crippen LogP contribution in [0.3, 0.4) is 0 Å². The van der Waals surface area contributed by atoms with Crippen LogP contribution in [0.5, 0.6) is 0 Å². The molecule has 4 unspecified atom stereocenters. The number of hydrogen-bond donors (Lipinski definition) is 2. The molecular formula is C76H87BrFN7O4. The fourth-order valence-corrected chi connectivity index (χ4v) is 11.0. The van der Waals surface area contributed by atoms with Gasteiger partial charge in [0, 0.05) is 40.4 Å². The Labute approximate surface area is 534 Å². The van der Waals surface area contributed by atoms with Gasteiger partial charge in [-0.05, 0) is 120 Å². The standard InChI is InChI=1S/C26H26FN3O.C19H19BrN2O.C11H15NO.C10H15N.C10H12O/c1-17(2)25(19-8-6-5-7-9-19)30-18(3)28-24-15-14-22(16-23(24)26(30)31)29(4)21-12-10-20(27)11-13-21;1-12(2)18(14-7-5-4-6-8-14)22-13(3)21-17-10-9-15(20)11-16(17)19(22)23;1-9(2)11(12-8-13)10-6-4-3-5-7-10;2*1-8(2)10(11)9-6-4-3-5-7-9/h5-17,25H,1-4H3;4-12,18H,1-3H3;3-9,11H,1-2H3,(H,12,13);3-8,10H,11H2,1-2H3;3-8H,1-2H3. The van der Waals surface area contributed by atoms with E-state index in [0.717, 1.165) is 55.9 Å². The van der Waals surface area contributed by atoms with Gasteiger partial charge in [-0.15, -0.1) is 0 Å². The number of aromatic nitrogens is 4. The summed E-state index contributed by atoms with van der Waals surface area (Å²) in [6, 6.07) is 67.6. The number of nitrogens with zero attached hydrogens (tertiary/aromatic N) is 5. The summed E-state index contributed by atoms with van der Waals surface area (Å²) in [5, 5.41) is 4.03. The highest BCUT2D eigenvalue weighted by atomic mass is 79.9. The van der Waals surface area contributed by atoms with Gasteiger partial charge in [0.15, 0.2) is 5.78 Å². The number of rotatable bonds is 16. The van der Waals surface area contributed by atoms with Gasteiger partial charge in [-0.25, -0.2) is 14.4 Å². The molecule has 0 saturated carbocycles. The SMILES string of the molecule is CC(C)C(=O)c1ccccc1.CC(C)C(N)c1ccccc1.CC(C)C(NC=O)c1ccccc1.Cc1nc2ccc(Br)cc2c(=O)n1C(c1ccccc1)C(C)C.Cc1nc2ccc(N(C)c3ccc(F)cc3)cc2c(=O)n1C(c1ccccc1)C(C)C. The lowest BCUT2D eigenvalue weighted by molar-refractivity contribution is -0.110. The maximum atomic E-state index is 13.7. The lowest BCUT2D eigenvalue weighted by atomic mass is 9.95. The molecule has 0 aliphatic carbocycles. The molecule has 0 radical (unpaired) electrons. The van der Waals surface area contributed by atoms with E-state index < -0.39 is 0 Å². The van der Waals surface area contributed by atoms with Crippen molar-refractivity contribution in [2.75, 3.05) is 11.9 Å². The second-order valence-electron chi connectivity index (χ2n) is 23.7. The van der Waals surface area contributed by atoms with Gasteiger partial charge in [-0.2, -0.15) is 0 Å². The summed E-state index contributed by atoms with van der Waals surface area (Å²) in [6.07, 6.45) is 0.762. The summed E-state index contributed by atoms with van der Waals surface area (Å²) in [5.74, 6) is 2.88. The first-order valence-corrected chi connectivity index (χ1v) is 31.3. The van der Waals surface area contributed by atoms with Crippen LogP contribution in [0.4, 0.5) is 15.8 Å². The number of aryl methyl sites for hydroxylation is 2. The zero-order valence-corrected chi connectivity index (χ0v) is 55.3. The monoisotopic (exact) mass is 1260 g/mol. The molecule has 1 amide bonds. The number of halogens is 2. The van der Waals surface area contributed by atoms with E-state index in [0.29, 0.717) is 33.9 Å². The summed E-state index contributed by atoms with van der Waals surface area (Å²) in [4.78, 5) is 59.9. The third-order valence-corrected chi connectivity index (χ3v) is 15.9. The molecule has 0 aliphatic rings. The quantitative estimate of drug-likeness (QED) is 0.0719. The summed E-state index contributed by atoms with van der Waals surface area (Å²) < 4.78 is 17.8. The minimum atomic E-state index is -0.279. The largest absolute Gasteiger partial charge is 0.352 e. The number of ketones is 1. The van der Waals surface area contributed by atoms with Crippen LogP contribution in [0.1, 0.15) is 138 Å². The average molecular weight is 1260 g/mol. The minimum absolute atomic E-state index is 0.0105. The lowest BCUT2D eigenvalue weighted by Crippen LogP contribution is -2.31. The second-order valence-corrected chi connectivity index (χ2v) is 24.7. The van der Waals surface area contributed by atoms with E-state index in [1.807, 2.05) is 200 Å². The molecule has 0 aliphatic heterocycles. The Morgan fingerprint density at radius 2 is 0.910 bits per heavy atom. The zero-order valence-electron chi connectivity index (χ0n) is 53.7. The first kappa shape index (κ1) is 69.5. The number of hydrogen-bond acceptors (Lipinski definition) is 8. The highest BCUT2D eigenvalue weighted by Crippen LogP contribution is 2.31. The number of anilines is 2. The van der Waals surface area contributed by atoms with Crippen LogP contribution in [-0.4, -0.2) is 38.3 Å². The lowest BCUT2D eigenvalue weighted by Gasteiger charge is -2.26. The highest BCUT2D eigenvalue weighted by molar-refractivity contribution is 9.10. The van der Waals surface area contributed by atoms with Crippen molar-refractivity contribution >= 4 is 61.3 Å². The number of carbonyl (C=O) groups excluding carboxylic acids is 2. The third kappa shape index (κ3) is 18.9. The van der Waals surface area contributed by atoms with Gasteiger partial charge in [0.25, 0.3) is 11.1 Å². The predicted molar refractivity (Wildman–Crippen MR) is 370 cm³/mol. The number of carbonyl (C=O) groups is 2. The molecule has 8 aromatic carbocycles. The molecule has 89 heavy (non-hydrogen) atoms. The van der Waals surface area contributed by atoms with Crippen LogP contribution in [0.25, 0.3) is 21.8 Å². The molecule has 11 nitrogen and oxygen atoms in total.